The number of fused-ring (bicyclic) bond motifs is 1. The lowest BCUT2D eigenvalue weighted by molar-refractivity contribution is -0.385. The van der Waals surface area contributed by atoms with Gasteiger partial charge in [-0.25, -0.2) is 4.79 Å². The monoisotopic (exact) mass is 296 g/mol. The Balaban J connectivity index is 2.31. The molecule has 1 amide bonds. The van der Waals surface area contributed by atoms with Crippen LogP contribution in [0.25, 0.3) is 0 Å². The molecule has 2 rings (SSSR count). The molecule has 1 aromatic carbocycles. The van der Waals surface area contributed by atoms with Crippen LogP contribution in [-0.2, 0) is 4.74 Å². The Labute approximate surface area is 121 Å². The molecule has 8 heteroatoms. The molecule has 1 aliphatic heterocycles. The molecule has 0 saturated heterocycles. The van der Waals surface area contributed by atoms with Gasteiger partial charge in [-0.3, -0.25) is 15.4 Å². The van der Waals surface area contributed by atoms with Crippen molar-refractivity contribution < 1.29 is 23.9 Å². The largest absolute Gasteiger partial charge is 0.486 e. The summed E-state index contributed by atoms with van der Waals surface area (Å²) in [5, 5.41) is 13.6. The Morgan fingerprint density at radius 2 is 2.00 bits per heavy atom. The summed E-state index contributed by atoms with van der Waals surface area (Å²) in [6.45, 7) is 5.63. The van der Waals surface area contributed by atoms with Crippen molar-refractivity contribution in [2.24, 2.45) is 0 Å². The van der Waals surface area contributed by atoms with Gasteiger partial charge >= 0.3 is 11.8 Å². The number of nitro groups is 1. The molecule has 0 aromatic heterocycles. The van der Waals surface area contributed by atoms with Crippen LogP contribution in [0.1, 0.15) is 20.8 Å². The van der Waals surface area contributed by atoms with Crippen LogP contribution in [0.3, 0.4) is 0 Å². The lowest BCUT2D eigenvalue weighted by Crippen LogP contribution is -2.27. The average Bonchev–Trinajstić information content (AvgIpc) is 2.35. The molecule has 1 N–H and O–H groups in total. The normalized spacial score (nSPS) is 13.5. The van der Waals surface area contributed by atoms with Gasteiger partial charge in [0.1, 0.15) is 24.5 Å². The zero-order chi connectivity index (χ0) is 15.6. The average molecular weight is 296 g/mol. The number of nitro benzene ring substituents is 1. The van der Waals surface area contributed by atoms with Crippen molar-refractivity contribution in [1.82, 2.24) is 0 Å². The number of rotatable bonds is 2. The molecule has 114 valence electrons. The SMILES string of the molecule is CC(C)(C)OC(=O)Nc1ccc2c(c1[N+](=O)[O-])OCCO2. The Morgan fingerprint density at radius 3 is 2.62 bits per heavy atom. The summed E-state index contributed by atoms with van der Waals surface area (Å²) in [5.41, 5.74) is -1.05. The number of benzene rings is 1. The standard InChI is InChI=1S/C13H16N2O6/c1-13(2,3)21-12(16)14-8-4-5-9-11(10(8)15(17)18)20-7-6-19-9/h4-5H,6-7H2,1-3H3,(H,14,16). The highest BCUT2D eigenvalue weighted by Gasteiger charge is 2.29. The van der Waals surface area contributed by atoms with Crippen LogP contribution < -0.4 is 14.8 Å². The zero-order valence-electron chi connectivity index (χ0n) is 12.0. The maximum absolute atomic E-state index is 11.7. The van der Waals surface area contributed by atoms with E-state index in [1.165, 1.54) is 12.1 Å². The second-order valence-electron chi connectivity index (χ2n) is 5.37. The number of hydrogen-bond donors (Lipinski definition) is 1. The number of carbonyl (C=O) groups excluding carboxylic acids is 1. The maximum Gasteiger partial charge on any atom is 0.412 e. The van der Waals surface area contributed by atoms with E-state index in [1.807, 2.05) is 0 Å². The molecule has 0 spiro atoms. The Bertz CT molecular complexity index is 579. The van der Waals surface area contributed by atoms with E-state index >= 15 is 0 Å². The number of nitrogens with one attached hydrogen (secondary N) is 1. The van der Waals surface area contributed by atoms with Gasteiger partial charge in [-0.15, -0.1) is 0 Å². The number of anilines is 1. The van der Waals surface area contributed by atoms with Crippen molar-refractivity contribution >= 4 is 17.5 Å². The highest BCUT2D eigenvalue weighted by atomic mass is 16.6. The molecule has 21 heavy (non-hydrogen) atoms. The van der Waals surface area contributed by atoms with E-state index in [2.05, 4.69) is 5.32 Å². The molecule has 0 fully saturated rings. The first-order valence-corrected chi connectivity index (χ1v) is 6.35. The summed E-state index contributed by atoms with van der Waals surface area (Å²) in [7, 11) is 0. The molecule has 0 saturated carbocycles. The van der Waals surface area contributed by atoms with Gasteiger partial charge in [-0.1, -0.05) is 0 Å². The summed E-state index contributed by atoms with van der Waals surface area (Å²) in [5.74, 6) is 0.294. The quantitative estimate of drug-likeness (QED) is 0.665. The zero-order valence-corrected chi connectivity index (χ0v) is 12.0. The molecule has 1 aliphatic rings. The molecule has 0 radical (unpaired) electrons. The van der Waals surface area contributed by atoms with Crippen molar-refractivity contribution in [2.75, 3.05) is 18.5 Å². The number of nitrogens with zero attached hydrogens (tertiary/aromatic N) is 1. The summed E-state index contributed by atoms with van der Waals surface area (Å²) in [4.78, 5) is 22.4. The molecule has 8 nitrogen and oxygen atoms in total. The third-order valence-electron chi connectivity index (χ3n) is 2.50. The van der Waals surface area contributed by atoms with Crippen LogP contribution in [0.4, 0.5) is 16.2 Å². The van der Waals surface area contributed by atoms with Crippen LogP contribution >= 0.6 is 0 Å². The Morgan fingerprint density at radius 1 is 1.33 bits per heavy atom. The Kier molecular flexibility index (Phi) is 3.88. The molecular weight excluding hydrogens is 280 g/mol. The summed E-state index contributed by atoms with van der Waals surface area (Å²) >= 11 is 0. The van der Waals surface area contributed by atoms with Gasteiger partial charge in [0.15, 0.2) is 5.75 Å². The predicted molar refractivity (Wildman–Crippen MR) is 73.9 cm³/mol. The number of carbonyl (C=O) groups is 1. The van der Waals surface area contributed by atoms with E-state index in [-0.39, 0.29) is 29.5 Å². The van der Waals surface area contributed by atoms with Crippen molar-refractivity contribution in [3.8, 4) is 11.5 Å². The van der Waals surface area contributed by atoms with Gasteiger partial charge < -0.3 is 14.2 Å². The van der Waals surface area contributed by atoms with Gasteiger partial charge in [0.05, 0.1) is 4.92 Å². The molecule has 0 atom stereocenters. The second-order valence-corrected chi connectivity index (χ2v) is 5.37. The minimum Gasteiger partial charge on any atom is -0.486 e. The van der Waals surface area contributed by atoms with E-state index in [4.69, 9.17) is 14.2 Å². The molecule has 1 aromatic rings. The summed E-state index contributed by atoms with van der Waals surface area (Å²) in [6, 6.07) is 2.89. The van der Waals surface area contributed by atoms with Crippen molar-refractivity contribution in [1.29, 1.82) is 0 Å². The van der Waals surface area contributed by atoms with E-state index in [0.29, 0.717) is 6.61 Å². The summed E-state index contributed by atoms with van der Waals surface area (Å²) < 4.78 is 15.6. The topological polar surface area (TPSA) is 99.9 Å². The van der Waals surface area contributed by atoms with Crippen LogP contribution in [0.15, 0.2) is 12.1 Å². The van der Waals surface area contributed by atoms with E-state index in [9.17, 15) is 14.9 Å². The number of amides is 1. The van der Waals surface area contributed by atoms with E-state index in [0.717, 1.165) is 0 Å². The predicted octanol–water partition coefficient (Wildman–Crippen LogP) is 2.71. The first-order chi connectivity index (χ1) is 9.78. The molecule has 0 bridgehead atoms. The second kappa shape index (κ2) is 5.47. The van der Waals surface area contributed by atoms with Crippen LogP contribution in [0.2, 0.25) is 0 Å². The molecule has 1 heterocycles. The fraction of sp³-hybridized carbons (Fsp3) is 0.462. The van der Waals surface area contributed by atoms with E-state index < -0.39 is 16.6 Å². The van der Waals surface area contributed by atoms with Gasteiger partial charge in [0, 0.05) is 0 Å². The highest BCUT2D eigenvalue weighted by Crippen LogP contribution is 2.43. The van der Waals surface area contributed by atoms with Gasteiger partial charge in [0.2, 0.25) is 5.75 Å². The van der Waals surface area contributed by atoms with Crippen LogP contribution in [0, 0.1) is 10.1 Å². The number of ether oxygens (including phenoxy) is 3. The number of hydrogen-bond acceptors (Lipinski definition) is 6. The van der Waals surface area contributed by atoms with Gasteiger partial charge in [-0.2, -0.15) is 0 Å². The minimum absolute atomic E-state index is 0.00139. The third kappa shape index (κ3) is 3.53. The minimum atomic E-state index is -0.776. The smallest absolute Gasteiger partial charge is 0.412 e. The molecule has 0 unspecified atom stereocenters. The first kappa shape index (κ1) is 14.9. The van der Waals surface area contributed by atoms with Crippen molar-refractivity contribution in [3.63, 3.8) is 0 Å². The van der Waals surface area contributed by atoms with Crippen molar-refractivity contribution in [2.45, 2.75) is 26.4 Å². The van der Waals surface area contributed by atoms with Crippen LogP contribution in [-0.4, -0.2) is 29.8 Å². The van der Waals surface area contributed by atoms with Gasteiger partial charge in [-0.05, 0) is 32.9 Å². The highest BCUT2D eigenvalue weighted by molar-refractivity contribution is 5.90. The summed E-state index contributed by atoms with van der Waals surface area (Å²) in [6.07, 6.45) is -0.776. The first-order valence-electron chi connectivity index (χ1n) is 6.35. The van der Waals surface area contributed by atoms with Crippen molar-refractivity contribution in [3.05, 3.63) is 22.2 Å². The third-order valence-corrected chi connectivity index (χ3v) is 2.50. The molecular formula is C13H16N2O6. The van der Waals surface area contributed by atoms with Gasteiger partial charge in [0.25, 0.3) is 0 Å². The Hall–Kier alpha value is -2.51. The fourth-order valence-corrected chi connectivity index (χ4v) is 1.80. The molecule has 0 aliphatic carbocycles. The fourth-order valence-electron chi connectivity index (χ4n) is 1.80. The van der Waals surface area contributed by atoms with E-state index in [1.54, 1.807) is 20.8 Å². The maximum atomic E-state index is 11.7. The van der Waals surface area contributed by atoms with Crippen LogP contribution in [0.5, 0.6) is 11.5 Å². The lowest BCUT2D eigenvalue weighted by Gasteiger charge is -2.21. The lowest BCUT2D eigenvalue weighted by atomic mass is 10.2.